The van der Waals surface area contributed by atoms with Crippen LogP contribution in [0.5, 0.6) is 0 Å². The van der Waals surface area contributed by atoms with Crippen LogP contribution in [0.25, 0.3) is 0 Å². The lowest BCUT2D eigenvalue weighted by atomic mass is 10.4. The highest BCUT2D eigenvalue weighted by molar-refractivity contribution is 5.46. The third-order valence-corrected chi connectivity index (χ3v) is 2.88. The van der Waals surface area contributed by atoms with E-state index in [2.05, 4.69) is 25.8 Å². The smallest absolute Gasteiger partial charge is 0.131 e. The molecule has 0 bridgehead atoms. The third-order valence-electron chi connectivity index (χ3n) is 2.88. The fourth-order valence-electron chi connectivity index (χ4n) is 1.63. The van der Waals surface area contributed by atoms with E-state index in [4.69, 9.17) is 4.52 Å². The number of nitrogens with one attached hydrogen (secondary N) is 2. The lowest BCUT2D eigenvalue weighted by Crippen LogP contribution is -2.07. The molecule has 0 spiro atoms. The molecule has 18 heavy (non-hydrogen) atoms. The minimum Gasteiger partial charge on any atom is -0.370 e. The SMILES string of the molecule is c1nc(NCc2ccon2)cc(NCC2CC2)n1. The van der Waals surface area contributed by atoms with Crippen molar-refractivity contribution in [3.63, 3.8) is 0 Å². The highest BCUT2D eigenvalue weighted by Crippen LogP contribution is 2.28. The largest absolute Gasteiger partial charge is 0.370 e. The molecule has 6 nitrogen and oxygen atoms in total. The monoisotopic (exact) mass is 245 g/mol. The van der Waals surface area contributed by atoms with Crippen molar-refractivity contribution in [2.75, 3.05) is 17.2 Å². The molecule has 0 aromatic carbocycles. The first kappa shape index (κ1) is 11.0. The minimum atomic E-state index is 0.593. The maximum Gasteiger partial charge on any atom is 0.131 e. The Morgan fingerprint density at radius 1 is 1.22 bits per heavy atom. The van der Waals surface area contributed by atoms with E-state index in [1.165, 1.54) is 12.8 Å². The maximum absolute atomic E-state index is 4.76. The van der Waals surface area contributed by atoms with Crippen LogP contribution in [0, 0.1) is 5.92 Å². The second-order valence-electron chi connectivity index (χ2n) is 4.46. The Hall–Kier alpha value is -2.11. The zero-order valence-electron chi connectivity index (χ0n) is 9.97. The molecule has 2 heterocycles. The van der Waals surface area contributed by atoms with Gasteiger partial charge in [-0.05, 0) is 18.8 Å². The molecule has 1 aliphatic carbocycles. The zero-order chi connectivity index (χ0) is 12.2. The van der Waals surface area contributed by atoms with Crippen molar-refractivity contribution in [3.8, 4) is 0 Å². The summed E-state index contributed by atoms with van der Waals surface area (Å²) in [7, 11) is 0. The van der Waals surface area contributed by atoms with Gasteiger partial charge in [0.05, 0.1) is 6.54 Å². The highest BCUT2D eigenvalue weighted by atomic mass is 16.5. The van der Waals surface area contributed by atoms with Gasteiger partial charge in [0.25, 0.3) is 0 Å². The Labute approximate surface area is 105 Å². The Morgan fingerprint density at radius 2 is 2.06 bits per heavy atom. The number of aromatic nitrogens is 3. The van der Waals surface area contributed by atoms with E-state index >= 15 is 0 Å². The standard InChI is InChI=1S/C12H15N5O/c1-2-9(1)6-13-11-5-12(16-8-15-11)14-7-10-3-4-18-17-10/h3-5,8-9H,1-2,6-7H2,(H2,13,14,15,16). The summed E-state index contributed by atoms with van der Waals surface area (Å²) < 4.78 is 4.76. The van der Waals surface area contributed by atoms with Crippen LogP contribution in [-0.4, -0.2) is 21.7 Å². The zero-order valence-corrected chi connectivity index (χ0v) is 9.97. The van der Waals surface area contributed by atoms with Crippen molar-refractivity contribution in [2.24, 2.45) is 5.92 Å². The van der Waals surface area contributed by atoms with Gasteiger partial charge in [0.1, 0.15) is 29.9 Å². The minimum absolute atomic E-state index is 0.593. The van der Waals surface area contributed by atoms with E-state index in [0.29, 0.717) is 6.54 Å². The first-order chi connectivity index (χ1) is 8.90. The molecule has 2 aromatic rings. The van der Waals surface area contributed by atoms with Gasteiger partial charge in [0.15, 0.2) is 0 Å². The van der Waals surface area contributed by atoms with E-state index in [1.807, 2.05) is 12.1 Å². The molecule has 0 unspecified atom stereocenters. The average molecular weight is 245 g/mol. The van der Waals surface area contributed by atoms with Gasteiger partial charge in [0, 0.05) is 18.7 Å². The molecule has 0 saturated heterocycles. The topological polar surface area (TPSA) is 75.9 Å². The molecule has 2 N–H and O–H groups in total. The van der Waals surface area contributed by atoms with E-state index in [1.54, 1.807) is 12.6 Å². The summed E-state index contributed by atoms with van der Waals surface area (Å²) >= 11 is 0. The molecular weight excluding hydrogens is 230 g/mol. The van der Waals surface area contributed by atoms with Crippen LogP contribution in [0.3, 0.4) is 0 Å². The van der Waals surface area contributed by atoms with Crippen LogP contribution in [0.4, 0.5) is 11.6 Å². The number of hydrogen-bond acceptors (Lipinski definition) is 6. The molecule has 0 radical (unpaired) electrons. The van der Waals surface area contributed by atoms with Crippen molar-refractivity contribution in [3.05, 3.63) is 30.4 Å². The second kappa shape index (κ2) is 5.03. The highest BCUT2D eigenvalue weighted by Gasteiger charge is 2.20. The molecule has 0 atom stereocenters. The number of anilines is 2. The normalized spacial score (nSPS) is 14.4. The van der Waals surface area contributed by atoms with Gasteiger partial charge in [-0.3, -0.25) is 0 Å². The van der Waals surface area contributed by atoms with Crippen LogP contribution in [-0.2, 0) is 6.54 Å². The van der Waals surface area contributed by atoms with Crippen LogP contribution >= 0.6 is 0 Å². The lowest BCUT2D eigenvalue weighted by Gasteiger charge is -2.07. The Bertz CT molecular complexity index is 495. The average Bonchev–Trinajstić information content (AvgIpc) is 3.09. The molecular formula is C12H15N5O. The van der Waals surface area contributed by atoms with Gasteiger partial charge in [-0.25, -0.2) is 9.97 Å². The summed E-state index contributed by atoms with van der Waals surface area (Å²) in [5.41, 5.74) is 0.848. The van der Waals surface area contributed by atoms with E-state index < -0.39 is 0 Å². The Kier molecular flexibility index (Phi) is 3.08. The maximum atomic E-state index is 4.76. The van der Waals surface area contributed by atoms with Gasteiger partial charge >= 0.3 is 0 Å². The van der Waals surface area contributed by atoms with Crippen molar-refractivity contribution < 1.29 is 4.52 Å². The molecule has 6 heteroatoms. The van der Waals surface area contributed by atoms with E-state index in [9.17, 15) is 0 Å². The molecule has 94 valence electrons. The van der Waals surface area contributed by atoms with Gasteiger partial charge in [-0.1, -0.05) is 5.16 Å². The van der Waals surface area contributed by atoms with Gasteiger partial charge in [-0.15, -0.1) is 0 Å². The molecule has 2 aromatic heterocycles. The van der Waals surface area contributed by atoms with Crippen LogP contribution in [0.1, 0.15) is 18.5 Å². The fraction of sp³-hybridized carbons (Fsp3) is 0.417. The molecule has 3 rings (SSSR count). The fourth-order valence-corrected chi connectivity index (χ4v) is 1.63. The number of nitrogens with zero attached hydrogens (tertiary/aromatic N) is 3. The summed E-state index contributed by atoms with van der Waals surface area (Å²) in [6.07, 6.45) is 5.77. The van der Waals surface area contributed by atoms with Gasteiger partial charge in [-0.2, -0.15) is 0 Å². The first-order valence-electron chi connectivity index (χ1n) is 6.09. The van der Waals surface area contributed by atoms with E-state index in [-0.39, 0.29) is 0 Å². The summed E-state index contributed by atoms with van der Waals surface area (Å²) in [6.45, 7) is 1.59. The summed E-state index contributed by atoms with van der Waals surface area (Å²) in [4.78, 5) is 8.35. The van der Waals surface area contributed by atoms with Crippen molar-refractivity contribution in [1.29, 1.82) is 0 Å². The summed E-state index contributed by atoms with van der Waals surface area (Å²) in [5.74, 6) is 2.47. The van der Waals surface area contributed by atoms with Gasteiger partial charge in [0.2, 0.25) is 0 Å². The molecule has 0 amide bonds. The van der Waals surface area contributed by atoms with Crippen LogP contribution in [0.2, 0.25) is 0 Å². The quantitative estimate of drug-likeness (QED) is 0.809. The van der Waals surface area contributed by atoms with E-state index in [0.717, 1.165) is 29.8 Å². The predicted octanol–water partition coefficient (Wildman–Crippen LogP) is 1.90. The summed E-state index contributed by atoms with van der Waals surface area (Å²) in [5, 5.41) is 10.3. The van der Waals surface area contributed by atoms with Gasteiger partial charge < -0.3 is 15.2 Å². The van der Waals surface area contributed by atoms with Crippen molar-refractivity contribution in [1.82, 2.24) is 15.1 Å². The molecule has 0 aliphatic heterocycles. The predicted molar refractivity (Wildman–Crippen MR) is 67.1 cm³/mol. The first-order valence-corrected chi connectivity index (χ1v) is 6.09. The lowest BCUT2D eigenvalue weighted by molar-refractivity contribution is 0.412. The Morgan fingerprint density at radius 3 is 2.78 bits per heavy atom. The van der Waals surface area contributed by atoms with Crippen molar-refractivity contribution in [2.45, 2.75) is 19.4 Å². The van der Waals surface area contributed by atoms with Crippen LogP contribution in [0.15, 0.2) is 29.2 Å². The number of hydrogen-bond donors (Lipinski definition) is 2. The summed E-state index contributed by atoms with van der Waals surface area (Å²) in [6, 6.07) is 3.73. The van der Waals surface area contributed by atoms with Crippen LogP contribution < -0.4 is 10.6 Å². The number of rotatable bonds is 6. The molecule has 1 saturated carbocycles. The Balaban J connectivity index is 1.55. The third kappa shape index (κ3) is 2.97. The molecule has 1 aliphatic rings. The molecule has 1 fully saturated rings. The van der Waals surface area contributed by atoms with Crippen molar-refractivity contribution >= 4 is 11.6 Å². The second-order valence-corrected chi connectivity index (χ2v) is 4.46.